The highest BCUT2D eigenvalue weighted by molar-refractivity contribution is 7.92. The van der Waals surface area contributed by atoms with Crippen LogP contribution in [0.5, 0.6) is 11.5 Å². The molecule has 0 saturated carbocycles. The fraction of sp³-hybridized carbons (Fsp3) is 0.269. The van der Waals surface area contributed by atoms with Crippen LogP contribution in [0.1, 0.15) is 18.9 Å². The Kier molecular flexibility index (Phi) is 9.39. The summed E-state index contributed by atoms with van der Waals surface area (Å²) in [7, 11) is -2.52. The first-order chi connectivity index (χ1) is 16.8. The molecule has 0 fully saturated rings. The lowest BCUT2D eigenvalue weighted by Gasteiger charge is -2.24. The second kappa shape index (κ2) is 12.5. The second-order valence-electron chi connectivity index (χ2n) is 7.70. The van der Waals surface area contributed by atoms with E-state index in [1.807, 2.05) is 31.2 Å². The average molecular weight is 517 g/mol. The Bertz CT molecular complexity index is 1220. The minimum atomic E-state index is -4.03. The first kappa shape index (κ1) is 26.4. The molecule has 0 saturated heterocycles. The van der Waals surface area contributed by atoms with Crippen LogP contribution in [0.3, 0.4) is 0 Å². The molecule has 0 spiro atoms. The van der Waals surface area contributed by atoms with Crippen molar-refractivity contribution in [2.24, 2.45) is 0 Å². The topological polar surface area (TPSA) is 84.9 Å². The lowest BCUT2D eigenvalue weighted by Crippen LogP contribution is -2.41. The Morgan fingerprint density at radius 1 is 1.00 bits per heavy atom. The lowest BCUT2D eigenvalue weighted by molar-refractivity contribution is -0.119. The van der Waals surface area contributed by atoms with Gasteiger partial charge in [0.2, 0.25) is 5.91 Å². The van der Waals surface area contributed by atoms with Crippen LogP contribution in [0.4, 0.5) is 5.69 Å². The van der Waals surface area contributed by atoms with Crippen molar-refractivity contribution in [2.75, 3.05) is 31.1 Å². The van der Waals surface area contributed by atoms with Gasteiger partial charge in [0.25, 0.3) is 10.0 Å². The van der Waals surface area contributed by atoms with Crippen LogP contribution in [0.25, 0.3) is 0 Å². The molecule has 0 aliphatic rings. The molecule has 0 unspecified atom stereocenters. The Labute approximate surface area is 211 Å². The van der Waals surface area contributed by atoms with Gasteiger partial charge in [-0.2, -0.15) is 0 Å². The zero-order chi connectivity index (χ0) is 25.3. The zero-order valence-corrected chi connectivity index (χ0v) is 21.3. The predicted molar refractivity (Wildman–Crippen MR) is 138 cm³/mol. The molecule has 35 heavy (non-hydrogen) atoms. The van der Waals surface area contributed by atoms with E-state index < -0.39 is 15.9 Å². The number of nitrogens with one attached hydrogen (secondary N) is 1. The number of ether oxygens (including phenoxy) is 2. The quantitative estimate of drug-likeness (QED) is 0.353. The molecule has 0 aliphatic heterocycles. The number of halogens is 1. The van der Waals surface area contributed by atoms with E-state index in [2.05, 4.69) is 5.32 Å². The van der Waals surface area contributed by atoms with Crippen LogP contribution >= 0.6 is 11.6 Å². The summed E-state index contributed by atoms with van der Waals surface area (Å²) in [6.45, 7) is 2.59. The van der Waals surface area contributed by atoms with E-state index in [0.29, 0.717) is 36.0 Å². The number of benzene rings is 3. The van der Waals surface area contributed by atoms with Gasteiger partial charge in [-0.3, -0.25) is 9.10 Å². The number of aryl methyl sites for hydroxylation is 1. The summed E-state index contributed by atoms with van der Waals surface area (Å²) < 4.78 is 38.5. The summed E-state index contributed by atoms with van der Waals surface area (Å²) in [6, 6.07) is 20.2. The van der Waals surface area contributed by atoms with Crippen LogP contribution in [0, 0.1) is 0 Å². The number of rotatable bonds is 12. The maximum Gasteiger partial charge on any atom is 0.264 e. The van der Waals surface area contributed by atoms with E-state index in [1.165, 1.54) is 25.3 Å². The highest BCUT2D eigenvalue weighted by Gasteiger charge is 2.27. The third kappa shape index (κ3) is 7.37. The maximum absolute atomic E-state index is 13.4. The summed E-state index contributed by atoms with van der Waals surface area (Å²) in [5, 5.41) is 3.19. The summed E-state index contributed by atoms with van der Waals surface area (Å²) >= 11 is 6.10. The molecule has 3 rings (SSSR count). The molecule has 186 valence electrons. The van der Waals surface area contributed by atoms with Gasteiger partial charge >= 0.3 is 0 Å². The molecular weight excluding hydrogens is 488 g/mol. The van der Waals surface area contributed by atoms with E-state index in [-0.39, 0.29) is 11.4 Å². The van der Waals surface area contributed by atoms with Gasteiger partial charge in [0, 0.05) is 11.6 Å². The van der Waals surface area contributed by atoms with Crippen molar-refractivity contribution < 1.29 is 22.7 Å². The summed E-state index contributed by atoms with van der Waals surface area (Å²) in [6.07, 6.45) is 1.48. The predicted octanol–water partition coefficient (Wildman–Crippen LogP) is 4.69. The van der Waals surface area contributed by atoms with Crippen molar-refractivity contribution in [3.8, 4) is 11.5 Å². The number of methoxy groups -OCH3 is 1. The molecule has 0 heterocycles. The summed E-state index contributed by atoms with van der Waals surface area (Å²) in [5.74, 6) is 0.945. The van der Waals surface area contributed by atoms with Crippen LogP contribution in [-0.2, 0) is 21.2 Å². The molecule has 1 amide bonds. The molecule has 3 aromatic carbocycles. The van der Waals surface area contributed by atoms with Crippen molar-refractivity contribution in [1.29, 1.82) is 0 Å². The number of amides is 1. The smallest absolute Gasteiger partial charge is 0.264 e. The first-order valence-corrected chi connectivity index (χ1v) is 13.1. The van der Waals surface area contributed by atoms with Gasteiger partial charge in [-0.25, -0.2) is 8.42 Å². The Morgan fingerprint density at radius 3 is 2.31 bits per heavy atom. The lowest BCUT2D eigenvalue weighted by atomic mass is 10.1. The largest absolute Gasteiger partial charge is 0.497 e. The van der Waals surface area contributed by atoms with Crippen molar-refractivity contribution in [3.05, 3.63) is 83.4 Å². The number of sulfonamides is 1. The molecule has 0 aromatic heterocycles. The van der Waals surface area contributed by atoms with E-state index in [9.17, 15) is 13.2 Å². The Morgan fingerprint density at radius 2 is 1.69 bits per heavy atom. The van der Waals surface area contributed by atoms with E-state index >= 15 is 0 Å². The molecule has 3 aromatic rings. The minimum absolute atomic E-state index is 0.0431. The SMILES string of the molecule is CCOc1ccc(CCCNC(=O)CN(c2cccc(Cl)c2)S(=O)(=O)c2ccc(OC)cc2)cc1. The molecule has 0 radical (unpaired) electrons. The van der Waals surface area contributed by atoms with Gasteiger partial charge in [-0.15, -0.1) is 0 Å². The molecule has 9 heteroatoms. The number of anilines is 1. The van der Waals surface area contributed by atoms with Gasteiger partial charge in [0.05, 0.1) is 24.3 Å². The number of hydrogen-bond acceptors (Lipinski definition) is 5. The monoisotopic (exact) mass is 516 g/mol. The molecule has 0 bridgehead atoms. The fourth-order valence-corrected chi connectivity index (χ4v) is 5.04. The minimum Gasteiger partial charge on any atom is -0.497 e. The van der Waals surface area contributed by atoms with E-state index in [4.69, 9.17) is 21.1 Å². The number of carbonyl (C=O) groups excluding carboxylic acids is 1. The Hall–Kier alpha value is -3.23. The summed E-state index contributed by atoms with van der Waals surface area (Å²) in [5.41, 5.74) is 1.43. The molecule has 0 atom stereocenters. The molecule has 1 N–H and O–H groups in total. The number of hydrogen-bond donors (Lipinski definition) is 1. The number of nitrogens with zero attached hydrogens (tertiary/aromatic N) is 1. The standard InChI is InChI=1S/C26H29ClN2O5S/c1-3-34-24-11-9-20(10-12-24)6-5-17-28-26(30)19-29(22-8-4-7-21(27)18-22)35(31,32)25-15-13-23(33-2)14-16-25/h4,7-16,18H,3,5-6,17,19H2,1-2H3,(H,28,30). The molecule has 0 aliphatic carbocycles. The zero-order valence-electron chi connectivity index (χ0n) is 19.7. The Balaban J connectivity index is 1.66. The van der Waals surface area contributed by atoms with Crippen molar-refractivity contribution in [3.63, 3.8) is 0 Å². The van der Waals surface area contributed by atoms with Gasteiger partial charge in [-0.1, -0.05) is 29.8 Å². The van der Waals surface area contributed by atoms with Gasteiger partial charge in [0.15, 0.2) is 0 Å². The first-order valence-electron chi connectivity index (χ1n) is 11.2. The molecular formula is C26H29ClN2O5S. The van der Waals surface area contributed by atoms with Crippen LogP contribution in [-0.4, -0.2) is 41.1 Å². The van der Waals surface area contributed by atoms with Crippen LogP contribution < -0.4 is 19.1 Å². The van der Waals surface area contributed by atoms with Crippen LogP contribution in [0.15, 0.2) is 77.7 Å². The van der Waals surface area contributed by atoms with Gasteiger partial charge < -0.3 is 14.8 Å². The highest BCUT2D eigenvalue weighted by Crippen LogP contribution is 2.27. The normalized spacial score (nSPS) is 11.1. The third-order valence-electron chi connectivity index (χ3n) is 5.23. The maximum atomic E-state index is 13.4. The van der Waals surface area contributed by atoms with E-state index in [0.717, 1.165) is 22.0 Å². The third-order valence-corrected chi connectivity index (χ3v) is 7.25. The van der Waals surface area contributed by atoms with Gasteiger partial charge in [-0.05, 0) is 79.9 Å². The van der Waals surface area contributed by atoms with Crippen molar-refractivity contribution in [1.82, 2.24) is 5.32 Å². The second-order valence-corrected chi connectivity index (χ2v) is 10.00. The van der Waals surface area contributed by atoms with Crippen molar-refractivity contribution >= 4 is 33.2 Å². The fourth-order valence-electron chi connectivity index (χ4n) is 3.45. The van der Waals surface area contributed by atoms with E-state index in [1.54, 1.807) is 30.3 Å². The highest BCUT2D eigenvalue weighted by atomic mass is 35.5. The number of carbonyl (C=O) groups is 1. The average Bonchev–Trinajstić information content (AvgIpc) is 2.86. The van der Waals surface area contributed by atoms with Crippen LogP contribution in [0.2, 0.25) is 5.02 Å². The van der Waals surface area contributed by atoms with Gasteiger partial charge in [0.1, 0.15) is 18.0 Å². The summed E-state index contributed by atoms with van der Waals surface area (Å²) in [4.78, 5) is 12.8. The molecule has 7 nitrogen and oxygen atoms in total. The van der Waals surface area contributed by atoms with Crippen molar-refractivity contribution in [2.45, 2.75) is 24.7 Å².